The molecule has 16 heavy (non-hydrogen) atoms. The predicted octanol–water partition coefficient (Wildman–Crippen LogP) is 3.84. The molecule has 1 heterocycles. The van der Waals surface area contributed by atoms with Gasteiger partial charge >= 0.3 is 0 Å². The molecule has 0 spiro atoms. The van der Waals surface area contributed by atoms with Crippen molar-refractivity contribution in [2.24, 2.45) is 5.41 Å². The summed E-state index contributed by atoms with van der Waals surface area (Å²) < 4.78 is 5.46. The van der Waals surface area contributed by atoms with E-state index in [1.165, 1.54) is 11.1 Å². The molecule has 0 amide bonds. The maximum absolute atomic E-state index is 6.24. The van der Waals surface area contributed by atoms with Crippen LogP contribution in [0.25, 0.3) is 0 Å². The molecule has 1 aromatic carbocycles. The normalized spacial score (nSPS) is 24.9. The Morgan fingerprint density at radius 3 is 2.81 bits per heavy atom. The van der Waals surface area contributed by atoms with Gasteiger partial charge < -0.3 is 4.74 Å². The van der Waals surface area contributed by atoms with Crippen molar-refractivity contribution in [3.63, 3.8) is 0 Å². The van der Waals surface area contributed by atoms with E-state index in [4.69, 9.17) is 27.9 Å². The number of halogens is 2. The fourth-order valence-electron chi connectivity index (χ4n) is 2.14. The Balaban J connectivity index is 2.19. The second-order valence-corrected chi connectivity index (χ2v) is 5.38. The summed E-state index contributed by atoms with van der Waals surface area (Å²) in [5.74, 6) is 0.636. The summed E-state index contributed by atoms with van der Waals surface area (Å²) in [4.78, 5) is 0. The van der Waals surface area contributed by atoms with Crippen LogP contribution in [-0.4, -0.2) is 19.1 Å². The molecule has 1 atom stereocenters. The largest absolute Gasteiger partial charge is 0.381 e. The number of hydrogen-bond donors (Lipinski definition) is 0. The highest BCUT2D eigenvalue weighted by molar-refractivity contribution is 6.31. The molecule has 0 aliphatic carbocycles. The Kier molecular flexibility index (Phi) is 3.78. The van der Waals surface area contributed by atoms with Crippen LogP contribution in [0.2, 0.25) is 5.02 Å². The second kappa shape index (κ2) is 4.95. The minimum atomic E-state index is 0.0838. The Hall–Kier alpha value is -0.240. The van der Waals surface area contributed by atoms with Gasteiger partial charge in [0.25, 0.3) is 0 Å². The van der Waals surface area contributed by atoms with E-state index in [1.807, 2.05) is 13.0 Å². The average molecular weight is 259 g/mol. The first kappa shape index (κ1) is 12.2. The maximum atomic E-state index is 6.24. The van der Waals surface area contributed by atoms with Gasteiger partial charge in [-0.2, -0.15) is 0 Å². The molecule has 1 aliphatic heterocycles. The summed E-state index contributed by atoms with van der Waals surface area (Å²) in [6.07, 6.45) is 1.94. The Morgan fingerprint density at radius 1 is 1.44 bits per heavy atom. The van der Waals surface area contributed by atoms with Gasteiger partial charge in [-0.1, -0.05) is 23.7 Å². The van der Waals surface area contributed by atoms with Gasteiger partial charge in [-0.25, -0.2) is 0 Å². The summed E-state index contributed by atoms with van der Waals surface area (Å²) in [6.45, 7) is 3.61. The smallest absolute Gasteiger partial charge is 0.0537 e. The van der Waals surface area contributed by atoms with Gasteiger partial charge in [0.2, 0.25) is 0 Å². The van der Waals surface area contributed by atoms with E-state index in [0.29, 0.717) is 5.88 Å². The van der Waals surface area contributed by atoms with E-state index in [1.54, 1.807) is 0 Å². The Labute approximate surface area is 107 Å². The monoisotopic (exact) mass is 258 g/mol. The van der Waals surface area contributed by atoms with E-state index in [-0.39, 0.29) is 5.41 Å². The zero-order valence-corrected chi connectivity index (χ0v) is 10.9. The number of alkyl halides is 1. The molecular weight excluding hydrogens is 243 g/mol. The average Bonchev–Trinajstić information content (AvgIpc) is 2.72. The van der Waals surface area contributed by atoms with E-state index in [2.05, 4.69) is 12.1 Å². The third-order valence-electron chi connectivity index (χ3n) is 3.24. The molecule has 1 saturated heterocycles. The lowest BCUT2D eigenvalue weighted by molar-refractivity contribution is 0.161. The van der Waals surface area contributed by atoms with E-state index < -0.39 is 0 Å². The van der Waals surface area contributed by atoms with Crippen LogP contribution in [0, 0.1) is 12.3 Å². The van der Waals surface area contributed by atoms with Crippen molar-refractivity contribution < 1.29 is 4.74 Å². The summed E-state index contributed by atoms with van der Waals surface area (Å²) in [6, 6.07) is 6.21. The molecule has 1 nitrogen and oxygen atoms in total. The second-order valence-electron chi connectivity index (χ2n) is 4.71. The predicted molar refractivity (Wildman–Crippen MR) is 68.5 cm³/mol. The summed E-state index contributed by atoms with van der Waals surface area (Å²) in [5, 5.41) is 0.844. The van der Waals surface area contributed by atoms with Crippen molar-refractivity contribution in [2.45, 2.75) is 19.8 Å². The lowest BCUT2D eigenvalue weighted by Gasteiger charge is -2.25. The molecule has 0 aromatic heterocycles. The number of benzene rings is 1. The lowest BCUT2D eigenvalue weighted by atomic mass is 9.83. The van der Waals surface area contributed by atoms with E-state index in [0.717, 1.165) is 31.1 Å². The molecule has 0 radical (unpaired) electrons. The fraction of sp³-hybridized carbons (Fsp3) is 0.538. The van der Waals surface area contributed by atoms with Gasteiger partial charge in [-0.3, -0.25) is 0 Å². The standard InChI is InChI=1S/C13H16Cl2O/c1-10-2-3-11(12(15)6-10)7-13(8-14)4-5-16-9-13/h2-3,6H,4-5,7-9H2,1H3. The number of ether oxygens (including phenoxy) is 1. The first-order chi connectivity index (χ1) is 7.65. The Bertz CT molecular complexity index is 370. The van der Waals surface area contributed by atoms with Crippen molar-refractivity contribution in [3.8, 4) is 0 Å². The zero-order valence-electron chi connectivity index (χ0n) is 9.43. The molecular formula is C13H16Cl2O. The summed E-state index contributed by atoms with van der Waals surface area (Å²) in [7, 11) is 0. The van der Waals surface area contributed by atoms with Crippen molar-refractivity contribution in [2.75, 3.05) is 19.1 Å². The molecule has 1 unspecified atom stereocenters. The van der Waals surface area contributed by atoms with E-state index >= 15 is 0 Å². The highest BCUT2D eigenvalue weighted by Crippen LogP contribution is 2.35. The van der Waals surface area contributed by atoms with Crippen LogP contribution in [0.4, 0.5) is 0 Å². The highest BCUT2D eigenvalue weighted by Gasteiger charge is 2.34. The molecule has 0 saturated carbocycles. The molecule has 1 aliphatic rings. The number of hydrogen-bond acceptors (Lipinski definition) is 1. The SMILES string of the molecule is Cc1ccc(CC2(CCl)CCOC2)c(Cl)c1. The van der Waals surface area contributed by atoms with Crippen LogP contribution in [0.1, 0.15) is 17.5 Å². The molecule has 0 N–H and O–H groups in total. The highest BCUT2D eigenvalue weighted by atomic mass is 35.5. The molecule has 0 bridgehead atoms. The summed E-state index contributed by atoms with van der Waals surface area (Å²) >= 11 is 12.3. The molecule has 1 fully saturated rings. The minimum Gasteiger partial charge on any atom is -0.381 e. The van der Waals surface area contributed by atoms with E-state index in [9.17, 15) is 0 Å². The molecule has 2 rings (SSSR count). The van der Waals surface area contributed by atoms with Crippen molar-refractivity contribution in [1.82, 2.24) is 0 Å². The van der Waals surface area contributed by atoms with Crippen molar-refractivity contribution in [1.29, 1.82) is 0 Å². The first-order valence-electron chi connectivity index (χ1n) is 5.54. The topological polar surface area (TPSA) is 9.23 Å². The number of aryl methyl sites for hydroxylation is 1. The number of rotatable bonds is 3. The molecule has 88 valence electrons. The van der Waals surface area contributed by atoms with Gasteiger partial charge in [0.15, 0.2) is 0 Å². The maximum Gasteiger partial charge on any atom is 0.0537 e. The van der Waals surface area contributed by atoms with Crippen LogP contribution in [0.15, 0.2) is 18.2 Å². The summed E-state index contributed by atoms with van der Waals surface area (Å²) in [5.41, 5.74) is 2.45. The first-order valence-corrected chi connectivity index (χ1v) is 6.45. The van der Waals surface area contributed by atoms with Crippen LogP contribution in [0.5, 0.6) is 0 Å². The van der Waals surface area contributed by atoms with Crippen LogP contribution >= 0.6 is 23.2 Å². The molecule has 3 heteroatoms. The zero-order chi connectivity index (χ0) is 11.6. The third kappa shape index (κ3) is 2.53. The quantitative estimate of drug-likeness (QED) is 0.749. The van der Waals surface area contributed by atoms with Crippen LogP contribution in [-0.2, 0) is 11.2 Å². The van der Waals surface area contributed by atoms with Crippen LogP contribution in [0.3, 0.4) is 0 Å². The lowest BCUT2D eigenvalue weighted by Crippen LogP contribution is -2.26. The van der Waals surface area contributed by atoms with Crippen LogP contribution < -0.4 is 0 Å². The van der Waals surface area contributed by atoms with Gasteiger partial charge in [0.05, 0.1) is 6.61 Å². The molecule has 1 aromatic rings. The van der Waals surface area contributed by atoms with Gasteiger partial charge in [-0.15, -0.1) is 11.6 Å². The van der Waals surface area contributed by atoms with Crippen molar-refractivity contribution >= 4 is 23.2 Å². The van der Waals surface area contributed by atoms with Gasteiger partial charge in [-0.05, 0) is 37.0 Å². The van der Waals surface area contributed by atoms with Gasteiger partial charge in [0, 0.05) is 22.9 Å². The Morgan fingerprint density at radius 2 is 2.25 bits per heavy atom. The minimum absolute atomic E-state index is 0.0838. The third-order valence-corrected chi connectivity index (χ3v) is 4.16. The van der Waals surface area contributed by atoms with Crippen molar-refractivity contribution in [3.05, 3.63) is 34.3 Å². The van der Waals surface area contributed by atoms with Gasteiger partial charge in [0.1, 0.15) is 0 Å². The fourth-order valence-corrected chi connectivity index (χ4v) is 2.75.